The van der Waals surface area contributed by atoms with Gasteiger partial charge in [0.15, 0.2) is 0 Å². The molecule has 4 rings (SSSR count). The molecule has 1 amide bonds. The molecule has 4 saturated carbocycles. The molecule has 0 aromatic heterocycles. The second kappa shape index (κ2) is 2.72. The Kier molecular flexibility index (Phi) is 1.69. The molecule has 1 unspecified atom stereocenters. The molecular formula is C11H17NO2. The molecule has 3 heteroatoms. The van der Waals surface area contributed by atoms with Crippen LogP contribution in [0.5, 0.6) is 0 Å². The van der Waals surface area contributed by atoms with Crippen molar-refractivity contribution < 1.29 is 9.90 Å². The van der Waals surface area contributed by atoms with Gasteiger partial charge in [0, 0.05) is 5.92 Å². The van der Waals surface area contributed by atoms with Gasteiger partial charge >= 0.3 is 0 Å². The lowest BCUT2D eigenvalue weighted by Crippen LogP contribution is -2.56. The molecular weight excluding hydrogens is 178 g/mol. The third kappa shape index (κ3) is 0.991. The van der Waals surface area contributed by atoms with Crippen molar-refractivity contribution >= 4 is 5.91 Å². The van der Waals surface area contributed by atoms with Crippen LogP contribution in [-0.2, 0) is 4.79 Å². The Morgan fingerprint density at radius 1 is 1.14 bits per heavy atom. The number of rotatable bonds is 1. The zero-order chi connectivity index (χ0) is 9.87. The summed E-state index contributed by atoms with van der Waals surface area (Å²) in [6, 6.07) is 0. The van der Waals surface area contributed by atoms with E-state index in [4.69, 9.17) is 5.73 Å². The lowest BCUT2D eigenvalue weighted by Gasteiger charge is -2.55. The van der Waals surface area contributed by atoms with Crippen molar-refractivity contribution in [1.29, 1.82) is 0 Å². The van der Waals surface area contributed by atoms with E-state index in [9.17, 15) is 9.90 Å². The third-order valence-corrected chi connectivity index (χ3v) is 4.70. The number of carbonyl (C=O) groups is 1. The summed E-state index contributed by atoms with van der Waals surface area (Å²) >= 11 is 0. The smallest absolute Gasteiger partial charge is 0.221 e. The first kappa shape index (κ1) is 8.72. The van der Waals surface area contributed by atoms with Crippen LogP contribution in [0, 0.1) is 29.6 Å². The van der Waals surface area contributed by atoms with Crippen LogP contribution in [0.15, 0.2) is 0 Å². The number of primary amides is 1. The van der Waals surface area contributed by atoms with Crippen LogP contribution in [0.4, 0.5) is 0 Å². The fourth-order valence-electron chi connectivity index (χ4n) is 4.32. The Morgan fingerprint density at radius 3 is 2.57 bits per heavy atom. The molecule has 0 saturated heterocycles. The van der Waals surface area contributed by atoms with Gasteiger partial charge < -0.3 is 10.8 Å². The summed E-state index contributed by atoms with van der Waals surface area (Å²) in [4.78, 5) is 11.3. The van der Waals surface area contributed by atoms with Crippen LogP contribution in [-0.4, -0.2) is 17.1 Å². The van der Waals surface area contributed by atoms with Crippen molar-refractivity contribution in [1.82, 2.24) is 0 Å². The molecule has 4 aliphatic rings. The van der Waals surface area contributed by atoms with Crippen LogP contribution >= 0.6 is 0 Å². The predicted molar refractivity (Wildman–Crippen MR) is 51.1 cm³/mol. The lowest BCUT2D eigenvalue weighted by molar-refractivity contribution is -0.154. The monoisotopic (exact) mass is 195 g/mol. The molecule has 0 heterocycles. The summed E-state index contributed by atoms with van der Waals surface area (Å²) < 4.78 is 0. The number of hydrogen-bond donors (Lipinski definition) is 2. The van der Waals surface area contributed by atoms with Crippen molar-refractivity contribution in [3.63, 3.8) is 0 Å². The van der Waals surface area contributed by atoms with Crippen LogP contribution in [0.2, 0.25) is 0 Å². The van der Waals surface area contributed by atoms with Crippen LogP contribution in [0.25, 0.3) is 0 Å². The molecule has 3 N–H and O–H groups in total. The molecule has 0 aromatic carbocycles. The zero-order valence-corrected chi connectivity index (χ0v) is 8.23. The van der Waals surface area contributed by atoms with Gasteiger partial charge in [-0.05, 0) is 49.4 Å². The molecule has 0 aliphatic heterocycles. The molecule has 78 valence electrons. The maximum Gasteiger partial charge on any atom is 0.221 e. The molecule has 14 heavy (non-hydrogen) atoms. The molecule has 4 bridgehead atoms. The fraction of sp³-hybridized carbons (Fsp3) is 0.909. The molecule has 3 nitrogen and oxygen atoms in total. The Bertz CT molecular complexity index is 278. The topological polar surface area (TPSA) is 63.3 Å². The van der Waals surface area contributed by atoms with E-state index in [1.807, 2.05) is 0 Å². The van der Waals surface area contributed by atoms with E-state index < -0.39 is 0 Å². The maximum atomic E-state index is 11.3. The molecule has 4 fully saturated rings. The highest BCUT2D eigenvalue weighted by atomic mass is 16.3. The minimum atomic E-state index is -0.250. The zero-order valence-electron chi connectivity index (χ0n) is 8.23. The molecule has 4 aliphatic carbocycles. The second-order valence-electron chi connectivity index (χ2n) is 5.41. The van der Waals surface area contributed by atoms with E-state index >= 15 is 0 Å². The van der Waals surface area contributed by atoms with Gasteiger partial charge in [-0.15, -0.1) is 0 Å². The number of amides is 1. The standard InChI is InChI=1S/C11H17NO2/c12-11(14)9-6-1-5-2-7(4-6)10(13)8(9)3-5/h5-10,13H,1-4H2,(H2,12,14)/t5?,6-,7+,8-,9-,10+/m0/s1. The SMILES string of the molecule is NC(=O)[C@H]1[C@H]2CC3C[C@H](C2)[C@@H](O)[C@H]1C3. The first-order valence-corrected chi connectivity index (χ1v) is 5.64. The van der Waals surface area contributed by atoms with Gasteiger partial charge in [0.1, 0.15) is 0 Å². The molecule has 0 aromatic rings. The van der Waals surface area contributed by atoms with E-state index in [-0.39, 0.29) is 23.8 Å². The fourth-order valence-corrected chi connectivity index (χ4v) is 4.32. The van der Waals surface area contributed by atoms with E-state index in [0.717, 1.165) is 18.8 Å². The summed E-state index contributed by atoms with van der Waals surface area (Å²) in [5, 5.41) is 10.0. The van der Waals surface area contributed by atoms with Gasteiger partial charge in [0.25, 0.3) is 0 Å². The predicted octanol–water partition coefficient (Wildman–Crippen LogP) is 0.515. The van der Waals surface area contributed by atoms with Crippen LogP contribution < -0.4 is 5.73 Å². The number of nitrogens with two attached hydrogens (primary N) is 1. The van der Waals surface area contributed by atoms with Crippen molar-refractivity contribution in [2.45, 2.75) is 31.8 Å². The average Bonchev–Trinajstić information content (AvgIpc) is 2.12. The second-order valence-corrected chi connectivity index (χ2v) is 5.41. The summed E-state index contributed by atoms with van der Waals surface area (Å²) in [5.74, 6) is 1.69. The number of aliphatic hydroxyl groups is 1. The van der Waals surface area contributed by atoms with E-state index in [2.05, 4.69) is 0 Å². The van der Waals surface area contributed by atoms with Gasteiger partial charge in [-0.25, -0.2) is 0 Å². The number of aliphatic hydroxyl groups excluding tert-OH is 1. The van der Waals surface area contributed by atoms with Crippen molar-refractivity contribution in [2.75, 3.05) is 0 Å². The highest BCUT2D eigenvalue weighted by molar-refractivity contribution is 5.77. The summed E-state index contributed by atoms with van der Waals surface area (Å²) in [6.07, 6.45) is 4.16. The first-order chi connectivity index (χ1) is 6.66. The summed E-state index contributed by atoms with van der Waals surface area (Å²) in [6.45, 7) is 0. The highest BCUT2D eigenvalue weighted by Gasteiger charge is 2.54. The Balaban J connectivity index is 1.93. The average molecular weight is 195 g/mol. The molecule has 6 atom stereocenters. The first-order valence-electron chi connectivity index (χ1n) is 5.64. The van der Waals surface area contributed by atoms with Gasteiger partial charge in [0.05, 0.1) is 6.10 Å². The normalized spacial score (nSPS) is 54.9. The Morgan fingerprint density at radius 2 is 1.86 bits per heavy atom. The molecule has 0 radical (unpaired) electrons. The minimum Gasteiger partial charge on any atom is -0.393 e. The van der Waals surface area contributed by atoms with Gasteiger partial charge in [-0.1, -0.05) is 0 Å². The summed E-state index contributed by atoms with van der Waals surface area (Å²) in [7, 11) is 0. The van der Waals surface area contributed by atoms with Crippen molar-refractivity contribution in [3.8, 4) is 0 Å². The minimum absolute atomic E-state index is 0.0298. The van der Waals surface area contributed by atoms with Crippen LogP contribution in [0.3, 0.4) is 0 Å². The van der Waals surface area contributed by atoms with Crippen molar-refractivity contribution in [2.24, 2.45) is 35.3 Å². The molecule has 0 spiro atoms. The van der Waals surface area contributed by atoms with E-state index in [0.29, 0.717) is 11.8 Å². The highest BCUT2D eigenvalue weighted by Crippen LogP contribution is 2.56. The maximum absolute atomic E-state index is 11.3. The Labute approximate surface area is 83.7 Å². The summed E-state index contributed by atoms with van der Waals surface area (Å²) in [5.41, 5.74) is 5.43. The van der Waals surface area contributed by atoms with Gasteiger partial charge in [0.2, 0.25) is 5.91 Å². The number of carbonyl (C=O) groups excluding carboxylic acids is 1. The lowest BCUT2D eigenvalue weighted by atomic mass is 9.50. The van der Waals surface area contributed by atoms with E-state index in [1.54, 1.807) is 0 Å². The van der Waals surface area contributed by atoms with Gasteiger partial charge in [-0.2, -0.15) is 0 Å². The largest absolute Gasteiger partial charge is 0.393 e. The van der Waals surface area contributed by atoms with Gasteiger partial charge in [-0.3, -0.25) is 4.79 Å². The van der Waals surface area contributed by atoms with Crippen molar-refractivity contribution in [3.05, 3.63) is 0 Å². The van der Waals surface area contributed by atoms with Crippen LogP contribution in [0.1, 0.15) is 25.7 Å². The third-order valence-electron chi connectivity index (χ3n) is 4.70. The quantitative estimate of drug-likeness (QED) is 0.640. The van der Waals surface area contributed by atoms with E-state index in [1.165, 1.54) is 12.8 Å². The number of hydrogen-bond acceptors (Lipinski definition) is 2. The Hall–Kier alpha value is -0.570.